The van der Waals surface area contributed by atoms with Gasteiger partial charge in [0.25, 0.3) is 0 Å². The topological polar surface area (TPSA) is 54.6 Å². The lowest BCUT2D eigenvalue weighted by atomic mass is 9.91. The fraction of sp³-hybridized carbons (Fsp3) is 0.385. The molecule has 0 aliphatic carbocycles. The van der Waals surface area contributed by atoms with Crippen molar-refractivity contribution in [3.8, 4) is 0 Å². The molecule has 0 radical (unpaired) electrons. The molecule has 0 aromatic carbocycles. The summed E-state index contributed by atoms with van der Waals surface area (Å²) in [5, 5.41) is 9.36. The largest absolute Gasteiger partial charge is 0.481 e. The van der Waals surface area contributed by atoms with Crippen molar-refractivity contribution in [1.29, 1.82) is 0 Å². The van der Waals surface area contributed by atoms with Crippen molar-refractivity contribution >= 4 is 11.6 Å². The summed E-state index contributed by atoms with van der Waals surface area (Å²) in [6, 6.07) is 5.67. The second-order valence-corrected chi connectivity index (χ2v) is 4.57. The molecule has 2 aromatic rings. The molecule has 1 unspecified atom stereocenters. The average molecular weight is 232 g/mol. The maximum atomic E-state index is 11.4. The molecule has 90 valence electrons. The standard InChI is InChI=1S/C13H16N2O2/c1-8(2)11(13(16)17)12-9(3)14-10-6-4-5-7-15(10)12/h4-8,11H,1-3H3,(H,16,17). The fourth-order valence-corrected chi connectivity index (χ4v) is 2.23. The molecule has 0 spiro atoms. The van der Waals surface area contributed by atoms with Gasteiger partial charge in [-0.05, 0) is 25.0 Å². The van der Waals surface area contributed by atoms with E-state index in [0.717, 1.165) is 17.0 Å². The van der Waals surface area contributed by atoms with Gasteiger partial charge in [0.2, 0.25) is 0 Å². The number of hydrogen-bond donors (Lipinski definition) is 1. The number of fused-ring (bicyclic) bond motifs is 1. The van der Waals surface area contributed by atoms with Crippen molar-refractivity contribution in [3.63, 3.8) is 0 Å². The molecule has 2 heterocycles. The normalized spacial score (nSPS) is 13.2. The highest BCUT2D eigenvalue weighted by molar-refractivity contribution is 5.76. The zero-order chi connectivity index (χ0) is 12.6. The minimum atomic E-state index is -0.797. The SMILES string of the molecule is Cc1nc2ccccn2c1C(C(=O)O)C(C)C. The van der Waals surface area contributed by atoms with Crippen molar-refractivity contribution in [2.24, 2.45) is 5.92 Å². The van der Waals surface area contributed by atoms with Crippen molar-refractivity contribution in [3.05, 3.63) is 35.8 Å². The third-order valence-electron chi connectivity index (χ3n) is 2.98. The Bertz CT molecular complexity index is 558. The number of hydrogen-bond acceptors (Lipinski definition) is 2. The van der Waals surface area contributed by atoms with E-state index in [9.17, 15) is 9.90 Å². The maximum absolute atomic E-state index is 11.4. The van der Waals surface area contributed by atoms with Gasteiger partial charge in [-0.1, -0.05) is 19.9 Å². The Morgan fingerprint density at radius 1 is 1.41 bits per heavy atom. The molecular formula is C13H16N2O2. The van der Waals surface area contributed by atoms with Gasteiger partial charge in [-0.3, -0.25) is 4.79 Å². The summed E-state index contributed by atoms with van der Waals surface area (Å²) in [6.07, 6.45) is 1.86. The van der Waals surface area contributed by atoms with Gasteiger partial charge >= 0.3 is 5.97 Å². The van der Waals surface area contributed by atoms with Crippen molar-refractivity contribution < 1.29 is 9.90 Å². The van der Waals surface area contributed by atoms with Gasteiger partial charge in [0.1, 0.15) is 11.6 Å². The van der Waals surface area contributed by atoms with Crippen LogP contribution in [0, 0.1) is 12.8 Å². The lowest BCUT2D eigenvalue weighted by molar-refractivity contribution is -0.140. The number of carboxylic acids is 1. The number of rotatable bonds is 3. The second-order valence-electron chi connectivity index (χ2n) is 4.57. The minimum absolute atomic E-state index is 0.0336. The molecule has 0 fully saturated rings. The van der Waals surface area contributed by atoms with E-state index in [-0.39, 0.29) is 5.92 Å². The van der Waals surface area contributed by atoms with E-state index in [2.05, 4.69) is 4.98 Å². The molecule has 0 aliphatic rings. The summed E-state index contributed by atoms with van der Waals surface area (Å²) < 4.78 is 1.87. The first-order chi connectivity index (χ1) is 8.02. The lowest BCUT2D eigenvalue weighted by Gasteiger charge is -2.16. The number of aliphatic carboxylic acids is 1. The monoisotopic (exact) mass is 232 g/mol. The summed E-state index contributed by atoms with van der Waals surface area (Å²) in [5.41, 5.74) is 2.37. The maximum Gasteiger partial charge on any atom is 0.312 e. The Kier molecular flexibility index (Phi) is 2.88. The van der Waals surface area contributed by atoms with E-state index >= 15 is 0 Å². The van der Waals surface area contributed by atoms with E-state index in [1.54, 1.807) is 0 Å². The van der Waals surface area contributed by atoms with Crippen LogP contribution < -0.4 is 0 Å². The molecule has 0 amide bonds. The van der Waals surface area contributed by atoms with E-state index in [4.69, 9.17) is 0 Å². The molecule has 0 bridgehead atoms. The zero-order valence-electron chi connectivity index (χ0n) is 10.2. The highest BCUT2D eigenvalue weighted by Gasteiger charge is 2.28. The summed E-state index contributed by atoms with van der Waals surface area (Å²) in [4.78, 5) is 15.8. The van der Waals surface area contributed by atoms with Gasteiger partial charge in [-0.2, -0.15) is 0 Å². The van der Waals surface area contributed by atoms with E-state index in [0.29, 0.717) is 0 Å². The Balaban J connectivity index is 2.68. The smallest absolute Gasteiger partial charge is 0.312 e. The lowest BCUT2D eigenvalue weighted by Crippen LogP contribution is -2.20. The van der Waals surface area contributed by atoms with Gasteiger partial charge in [0.05, 0.1) is 11.4 Å². The van der Waals surface area contributed by atoms with Crippen LogP contribution in [0.15, 0.2) is 24.4 Å². The first kappa shape index (κ1) is 11.6. The van der Waals surface area contributed by atoms with E-state index < -0.39 is 11.9 Å². The van der Waals surface area contributed by atoms with Crippen LogP contribution in [0.1, 0.15) is 31.2 Å². The van der Waals surface area contributed by atoms with Crippen LogP contribution in [0.4, 0.5) is 0 Å². The first-order valence-corrected chi connectivity index (χ1v) is 5.68. The van der Waals surface area contributed by atoms with E-state index in [1.807, 2.05) is 49.6 Å². The summed E-state index contributed by atoms with van der Waals surface area (Å²) >= 11 is 0. The highest BCUT2D eigenvalue weighted by Crippen LogP contribution is 2.28. The molecule has 2 aromatic heterocycles. The molecule has 0 saturated carbocycles. The number of pyridine rings is 1. The Hall–Kier alpha value is -1.84. The summed E-state index contributed by atoms with van der Waals surface area (Å²) in [5.74, 6) is -1.28. The number of nitrogens with zero attached hydrogens (tertiary/aromatic N) is 2. The molecule has 1 atom stereocenters. The van der Waals surface area contributed by atoms with Gasteiger partial charge in [0.15, 0.2) is 0 Å². The predicted octanol–water partition coefficient (Wildman–Crippen LogP) is 2.47. The summed E-state index contributed by atoms with van der Waals surface area (Å²) in [6.45, 7) is 5.70. The van der Waals surface area contributed by atoms with Gasteiger partial charge in [-0.15, -0.1) is 0 Å². The molecule has 0 aliphatic heterocycles. The fourth-order valence-electron chi connectivity index (χ4n) is 2.23. The van der Waals surface area contributed by atoms with Gasteiger partial charge in [0, 0.05) is 6.20 Å². The molecule has 2 rings (SSSR count). The van der Waals surface area contributed by atoms with Crippen molar-refractivity contribution in [2.75, 3.05) is 0 Å². The van der Waals surface area contributed by atoms with Crippen LogP contribution >= 0.6 is 0 Å². The van der Waals surface area contributed by atoms with Crippen LogP contribution in [0.5, 0.6) is 0 Å². The first-order valence-electron chi connectivity index (χ1n) is 5.68. The van der Waals surface area contributed by atoms with E-state index in [1.165, 1.54) is 0 Å². The van der Waals surface area contributed by atoms with Crippen LogP contribution in [0.2, 0.25) is 0 Å². The van der Waals surface area contributed by atoms with Crippen LogP contribution in [0.25, 0.3) is 5.65 Å². The third-order valence-corrected chi connectivity index (χ3v) is 2.98. The molecule has 0 saturated heterocycles. The molecule has 4 nitrogen and oxygen atoms in total. The van der Waals surface area contributed by atoms with Crippen LogP contribution in [-0.2, 0) is 4.79 Å². The number of aromatic nitrogens is 2. The summed E-state index contributed by atoms with van der Waals surface area (Å²) in [7, 11) is 0. The number of imidazole rings is 1. The quantitative estimate of drug-likeness (QED) is 0.884. The predicted molar refractivity (Wildman–Crippen MR) is 65.1 cm³/mol. The molecular weight excluding hydrogens is 216 g/mol. The number of carbonyl (C=O) groups is 1. The van der Waals surface area contributed by atoms with Crippen LogP contribution in [0.3, 0.4) is 0 Å². The second kappa shape index (κ2) is 4.20. The molecule has 1 N–H and O–H groups in total. The molecule has 17 heavy (non-hydrogen) atoms. The molecule has 4 heteroatoms. The van der Waals surface area contributed by atoms with Crippen LogP contribution in [-0.4, -0.2) is 20.5 Å². The Morgan fingerprint density at radius 3 is 2.71 bits per heavy atom. The zero-order valence-corrected chi connectivity index (χ0v) is 10.2. The van der Waals surface area contributed by atoms with Crippen molar-refractivity contribution in [2.45, 2.75) is 26.7 Å². The van der Waals surface area contributed by atoms with Gasteiger partial charge in [-0.25, -0.2) is 4.98 Å². The number of carboxylic acid groups (broad SMARTS) is 1. The van der Waals surface area contributed by atoms with Gasteiger partial charge < -0.3 is 9.51 Å². The Morgan fingerprint density at radius 2 is 2.12 bits per heavy atom. The van der Waals surface area contributed by atoms with Crippen molar-refractivity contribution in [1.82, 2.24) is 9.38 Å². The minimum Gasteiger partial charge on any atom is -0.481 e. The average Bonchev–Trinajstić information content (AvgIpc) is 2.55. The number of aryl methyl sites for hydroxylation is 1. The Labute approximate surface area is 99.9 Å². The third kappa shape index (κ3) is 1.90. The highest BCUT2D eigenvalue weighted by atomic mass is 16.4.